The number of nitrogens with two attached hydrogens (primary N) is 1. The van der Waals surface area contributed by atoms with Crippen molar-refractivity contribution < 1.29 is 4.42 Å². The molecule has 0 atom stereocenters. The average Bonchev–Trinajstić information content (AvgIpc) is 2.71. The summed E-state index contributed by atoms with van der Waals surface area (Å²) in [4.78, 5) is 4.52. The highest BCUT2D eigenvalue weighted by molar-refractivity contribution is 7.99. The maximum atomic E-state index is 5.75. The first-order valence-electron chi connectivity index (χ1n) is 6.04. The van der Waals surface area contributed by atoms with E-state index in [1.807, 2.05) is 30.0 Å². The summed E-state index contributed by atoms with van der Waals surface area (Å²) in [5, 5.41) is 0. The van der Waals surface area contributed by atoms with Gasteiger partial charge in [0.25, 0.3) is 0 Å². The molecule has 90 valence electrons. The lowest BCUT2D eigenvalue weighted by Crippen LogP contribution is -2.12. The zero-order chi connectivity index (χ0) is 11.7. The van der Waals surface area contributed by atoms with E-state index in [1.165, 1.54) is 24.3 Å². The molecule has 0 bridgehead atoms. The Morgan fingerprint density at radius 2 is 2.18 bits per heavy atom. The van der Waals surface area contributed by atoms with Crippen LogP contribution in [-0.4, -0.2) is 16.5 Å². The highest BCUT2D eigenvalue weighted by atomic mass is 32.2. The molecule has 1 fully saturated rings. The molecule has 0 spiro atoms. The van der Waals surface area contributed by atoms with Crippen molar-refractivity contribution in [2.75, 3.05) is 17.2 Å². The molecule has 2 heterocycles. The Hall–Kier alpha value is -1.16. The lowest BCUT2D eigenvalue weighted by molar-refractivity contribution is 0.421. The fourth-order valence-electron chi connectivity index (χ4n) is 2.27. The second-order valence-electron chi connectivity index (χ2n) is 4.59. The molecule has 4 heteroatoms. The van der Waals surface area contributed by atoms with Gasteiger partial charge in [0.15, 0.2) is 11.5 Å². The summed E-state index contributed by atoms with van der Waals surface area (Å²) in [5.74, 6) is 4.15. The summed E-state index contributed by atoms with van der Waals surface area (Å²) >= 11 is 2.05. The van der Waals surface area contributed by atoms with Gasteiger partial charge >= 0.3 is 0 Å². The van der Waals surface area contributed by atoms with Crippen LogP contribution >= 0.6 is 11.8 Å². The van der Waals surface area contributed by atoms with Crippen LogP contribution in [0, 0.1) is 5.92 Å². The minimum absolute atomic E-state index is 0.731. The van der Waals surface area contributed by atoms with E-state index in [0.717, 1.165) is 35.0 Å². The summed E-state index contributed by atoms with van der Waals surface area (Å²) in [6, 6.07) is 5.64. The largest absolute Gasteiger partial charge is 0.441 e. The van der Waals surface area contributed by atoms with Crippen molar-refractivity contribution in [3.8, 4) is 0 Å². The van der Waals surface area contributed by atoms with Crippen LogP contribution in [0.2, 0.25) is 0 Å². The van der Waals surface area contributed by atoms with Crippen LogP contribution in [0.3, 0.4) is 0 Å². The van der Waals surface area contributed by atoms with Crippen molar-refractivity contribution in [1.82, 2.24) is 4.98 Å². The summed E-state index contributed by atoms with van der Waals surface area (Å²) in [6.45, 7) is 0. The first kappa shape index (κ1) is 11.0. The number of thioether (sulfide) groups is 1. The maximum Gasteiger partial charge on any atom is 0.195 e. The number of rotatable bonds is 2. The normalized spacial score (nSPS) is 17.6. The van der Waals surface area contributed by atoms with Crippen LogP contribution in [-0.2, 0) is 6.42 Å². The van der Waals surface area contributed by atoms with E-state index < -0.39 is 0 Å². The average molecular weight is 248 g/mol. The zero-order valence-corrected chi connectivity index (χ0v) is 10.5. The Labute approximate surface area is 105 Å². The van der Waals surface area contributed by atoms with E-state index in [0.29, 0.717) is 0 Å². The Bertz CT molecular complexity index is 517. The molecule has 0 radical (unpaired) electrons. The predicted octanol–water partition coefficient (Wildman–Crippen LogP) is 3.10. The SMILES string of the molecule is Nc1ccc2nc(CC3CCSCC3)oc2c1. The number of hydrogen-bond donors (Lipinski definition) is 1. The first-order chi connectivity index (χ1) is 8.31. The van der Waals surface area contributed by atoms with Crippen LogP contribution < -0.4 is 5.73 Å². The first-order valence-corrected chi connectivity index (χ1v) is 7.19. The number of aromatic nitrogens is 1. The molecule has 2 aromatic rings. The van der Waals surface area contributed by atoms with E-state index in [2.05, 4.69) is 4.98 Å². The summed E-state index contributed by atoms with van der Waals surface area (Å²) < 4.78 is 5.75. The van der Waals surface area contributed by atoms with E-state index in [1.54, 1.807) is 0 Å². The zero-order valence-electron chi connectivity index (χ0n) is 9.69. The van der Waals surface area contributed by atoms with E-state index in [-0.39, 0.29) is 0 Å². The van der Waals surface area contributed by atoms with E-state index in [4.69, 9.17) is 10.2 Å². The molecule has 3 rings (SSSR count). The molecule has 0 saturated carbocycles. The fraction of sp³-hybridized carbons (Fsp3) is 0.462. The lowest BCUT2D eigenvalue weighted by Gasteiger charge is -2.19. The van der Waals surface area contributed by atoms with Gasteiger partial charge in [-0.05, 0) is 42.4 Å². The molecule has 0 aliphatic carbocycles. The summed E-state index contributed by atoms with van der Waals surface area (Å²) in [7, 11) is 0. The third-order valence-electron chi connectivity index (χ3n) is 3.26. The fourth-order valence-corrected chi connectivity index (χ4v) is 3.48. The molecule has 1 aromatic heterocycles. The van der Waals surface area contributed by atoms with Gasteiger partial charge in [-0.25, -0.2) is 4.98 Å². The molecule has 0 unspecified atom stereocenters. The molecular weight excluding hydrogens is 232 g/mol. The molecule has 1 aromatic carbocycles. The molecule has 1 saturated heterocycles. The van der Waals surface area contributed by atoms with Gasteiger partial charge in [-0.3, -0.25) is 0 Å². The molecule has 2 N–H and O–H groups in total. The number of benzene rings is 1. The van der Waals surface area contributed by atoms with Gasteiger partial charge in [-0.2, -0.15) is 11.8 Å². The molecule has 1 aliphatic heterocycles. The van der Waals surface area contributed by atoms with Gasteiger partial charge in [-0.1, -0.05) is 0 Å². The molecule has 3 nitrogen and oxygen atoms in total. The van der Waals surface area contributed by atoms with Gasteiger partial charge in [0.2, 0.25) is 0 Å². The molecule has 1 aliphatic rings. The Balaban J connectivity index is 1.80. The maximum absolute atomic E-state index is 5.75. The van der Waals surface area contributed by atoms with Crippen molar-refractivity contribution in [3.05, 3.63) is 24.1 Å². The Kier molecular flexibility index (Phi) is 2.97. The van der Waals surface area contributed by atoms with Crippen LogP contribution in [0.1, 0.15) is 18.7 Å². The quantitative estimate of drug-likeness (QED) is 0.830. The van der Waals surface area contributed by atoms with Crippen LogP contribution in [0.15, 0.2) is 22.6 Å². The van der Waals surface area contributed by atoms with Gasteiger partial charge in [0, 0.05) is 18.2 Å². The second kappa shape index (κ2) is 4.61. The highest BCUT2D eigenvalue weighted by Gasteiger charge is 2.17. The Morgan fingerprint density at radius 3 is 3.00 bits per heavy atom. The number of nitrogen functional groups attached to an aromatic ring is 1. The number of fused-ring (bicyclic) bond motifs is 1. The third-order valence-corrected chi connectivity index (χ3v) is 4.31. The summed E-state index contributed by atoms with van der Waals surface area (Å²) in [6.07, 6.45) is 3.53. The minimum atomic E-state index is 0.731. The van der Waals surface area contributed by atoms with Crippen molar-refractivity contribution in [2.45, 2.75) is 19.3 Å². The van der Waals surface area contributed by atoms with E-state index >= 15 is 0 Å². The van der Waals surface area contributed by atoms with Crippen molar-refractivity contribution in [3.63, 3.8) is 0 Å². The van der Waals surface area contributed by atoms with Crippen molar-refractivity contribution >= 4 is 28.5 Å². The van der Waals surface area contributed by atoms with Gasteiger partial charge in [0.1, 0.15) is 5.52 Å². The van der Waals surface area contributed by atoms with Crippen molar-refractivity contribution in [2.24, 2.45) is 5.92 Å². The van der Waals surface area contributed by atoms with Gasteiger partial charge < -0.3 is 10.2 Å². The van der Waals surface area contributed by atoms with Crippen molar-refractivity contribution in [1.29, 1.82) is 0 Å². The van der Waals surface area contributed by atoms with Crippen LogP contribution in [0.4, 0.5) is 5.69 Å². The topological polar surface area (TPSA) is 52.0 Å². The standard InChI is InChI=1S/C13H16N2OS/c14-10-1-2-11-12(8-10)16-13(15-11)7-9-3-5-17-6-4-9/h1-2,8-9H,3-7,14H2. The number of hydrogen-bond acceptors (Lipinski definition) is 4. The second-order valence-corrected chi connectivity index (χ2v) is 5.82. The monoisotopic (exact) mass is 248 g/mol. The minimum Gasteiger partial charge on any atom is -0.441 e. The van der Waals surface area contributed by atoms with Crippen LogP contribution in [0.25, 0.3) is 11.1 Å². The summed E-state index contributed by atoms with van der Waals surface area (Å²) in [5.41, 5.74) is 8.18. The van der Waals surface area contributed by atoms with Gasteiger partial charge in [0.05, 0.1) is 0 Å². The molecule has 0 amide bonds. The van der Waals surface area contributed by atoms with Gasteiger partial charge in [-0.15, -0.1) is 0 Å². The smallest absolute Gasteiger partial charge is 0.195 e. The number of nitrogens with zero attached hydrogens (tertiary/aromatic N) is 1. The number of anilines is 1. The highest BCUT2D eigenvalue weighted by Crippen LogP contribution is 2.27. The van der Waals surface area contributed by atoms with E-state index in [9.17, 15) is 0 Å². The van der Waals surface area contributed by atoms with Crippen LogP contribution in [0.5, 0.6) is 0 Å². The Morgan fingerprint density at radius 1 is 1.35 bits per heavy atom. The number of oxazole rings is 1. The predicted molar refractivity (Wildman–Crippen MR) is 72.2 cm³/mol. The molecule has 17 heavy (non-hydrogen) atoms. The lowest BCUT2D eigenvalue weighted by atomic mass is 9.99. The molecular formula is C13H16N2OS. The third kappa shape index (κ3) is 2.41.